The second-order valence-electron chi connectivity index (χ2n) is 5.10. The van der Waals surface area contributed by atoms with E-state index in [0.717, 1.165) is 11.1 Å². The Morgan fingerprint density at radius 1 is 1.43 bits per heavy atom. The van der Waals surface area contributed by atoms with E-state index in [1.807, 2.05) is 30.3 Å². The smallest absolute Gasteiger partial charge is 0.352 e. The standard InChI is InChI=1S/C15H16N2O3S/c1-16-11-13(18)17-12(15(19)20)10(8-21-14(11)17)7-9-5-3-2-4-6-9/h2-6,11,14,16H,7-8H2,1H3,(H,19,20). The first-order chi connectivity index (χ1) is 10.1. The van der Waals surface area contributed by atoms with E-state index in [4.69, 9.17) is 0 Å². The number of nitrogens with one attached hydrogen (secondary N) is 1. The lowest BCUT2D eigenvalue weighted by Crippen LogP contribution is -2.69. The summed E-state index contributed by atoms with van der Waals surface area (Å²) < 4.78 is 0. The minimum absolute atomic E-state index is 0.104. The Bertz CT molecular complexity index is 615. The summed E-state index contributed by atoms with van der Waals surface area (Å²) in [7, 11) is 1.73. The lowest BCUT2D eigenvalue weighted by atomic mass is 9.99. The summed E-state index contributed by atoms with van der Waals surface area (Å²) in [4.78, 5) is 25.1. The number of thioether (sulfide) groups is 1. The fourth-order valence-electron chi connectivity index (χ4n) is 2.79. The third-order valence-corrected chi connectivity index (χ3v) is 5.16. The molecule has 2 unspecified atom stereocenters. The number of nitrogens with zero attached hydrogens (tertiary/aromatic N) is 1. The molecule has 0 aromatic heterocycles. The van der Waals surface area contributed by atoms with Crippen molar-refractivity contribution >= 4 is 23.6 Å². The van der Waals surface area contributed by atoms with Crippen LogP contribution in [0.4, 0.5) is 0 Å². The van der Waals surface area contributed by atoms with Crippen LogP contribution in [0.15, 0.2) is 41.6 Å². The van der Waals surface area contributed by atoms with Crippen LogP contribution in [0.5, 0.6) is 0 Å². The van der Waals surface area contributed by atoms with E-state index in [9.17, 15) is 14.7 Å². The molecule has 0 saturated carbocycles. The van der Waals surface area contributed by atoms with Crippen LogP contribution in [-0.2, 0) is 16.0 Å². The SMILES string of the molecule is CNC1C(=O)N2C(C(=O)O)=C(Cc3ccccc3)CSC12. The van der Waals surface area contributed by atoms with Gasteiger partial charge in [-0.3, -0.25) is 9.69 Å². The third kappa shape index (κ3) is 2.34. The molecular weight excluding hydrogens is 288 g/mol. The fourth-order valence-corrected chi connectivity index (χ4v) is 4.21. The van der Waals surface area contributed by atoms with Crippen molar-refractivity contribution in [1.82, 2.24) is 10.2 Å². The number of aliphatic carboxylic acids is 1. The molecule has 1 aromatic rings. The van der Waals surface area contributed by atoms with Crippen LogP contribution < -0.4 is 5.32 Å². The molecule has 2 aliphatic rings. The highest BCUT2D eigenvalue weighted by atomic mass is 32.2. The van der Waals surface area contributed by atoms with E-state index in [2.05, 4.69) is 5.32 Å². The molecule has 0 spiro atoms. The Morgan fingerprint density at radius 2 is 2.14 bits per heavy atom. The van der Waals surface area contributed by atoms with Crippen LogP contribution >= 0.6 is 11.8 Å². The van der Waals surface area contributed by atoms with Gasteiger partial charge in [0.2, 0.25) is 5.91 Å². The maximum absolute atomic E-state index is 12.1. The third-order valence-electron chi connectivity index (χ3n) is 3.82. The van der Waals surface area contributed by atoms with Crippen LogP contribution in [0.1, 0.15) is 5.56 Å². The van der Waals surface area contributed by atoms with Gasteiger partial charge in [-0.25, -0.2) is 4.79 Å². The number of carbonyl (C=O) groups excluding carboxylic acids is 1. The quantitative estimate of drug-likeness (QED) is 0.814. The predicted octanol–water partition coefficient (Wildman–Crippen LogP) is 1.07. The van der Waals surface area contributed by atoms with E-state index in [1.54, 1.807) is 18.8 Å². The van der Waals surface area contributed by atoms with Gasteiger partial charge in [-0.1, -0.05) is 30.3 Å². The van der Waals surface area contributed by atoms with Gasteiger partial charge in [-0.2, -0.15) is 0 Å². The lowest BCUT2D eigenvalue weighted by molar-refractivity contribution is -0.149. The number of carboxylic acid groups (broad SMARTS) is 1. The van der Waals surface area contributed by atoms with E-state index >= 15 is 0 Å². The van der Waals surface area contributed by atoms with Gasteiger partial charge in [0.15, 0.2) is 0 Å². The first kappa shape index (κ1) is 14.2. The zero-order chi connectivity index (χ0) is 15.0. The van der Waals surface area contributed by atoms with Crippen molar-refractivity contribution < 1.29 is 14.7 Å². The summed E-state index contributed by atoms with van der Waals surface area (Å²) in [6, 6.07) is 9.46. The van der Waals surface area contributed by atoms with Gasteiger partial charge in [0.1, 0.15) is 17.1 Å². The van der Waals surface area contributed by atoms with Crippen LogP contribution in [0.3, 0.4) is 0 Å². The molecule has 3 rings (SSSR count). The topological polar surface area (TPSA) is 69.6 Å². The van der Waals surface area contributed by atoms with Crippen molar-refractivity contribution in [3.05, 3.63) is 47.2 Å². The minimum atomic E-state index is -1.02. The molecule has 2 N–H and O–H groups in total. The van der Waals surface area contributed by atoms with E-state index in [-0.39, 0.29) is 23.0 Å². The molecule has 1 fully saturated rings. The maximum Gasteiger partial charge on any atom is 0.352 e. The number of carboxylic acids is 1. The fraction of sp³-hybridized carbons (Fsp3) is 0.333. The molecule has 1 saturated heterocycles. The van der Waals surface area contributed by atoms with Gasteiger partial charge in [0, 0.05) is 5.75 Å². The van der Waals surface area contributed by atoms with Crippen LogP contribution in [0.2, 0.25) is 0 Å². The van der Waals surface area contributed by atoms with Crippen LogP contribution in [0, 0.1) is 0 Å². The summed E-state index contributed by atoms with van der Waals surface area (Å²) in [6.45, 7) is 0. The maximum atomic E-state index is 12.1. The molecular formula is C15H16N2O3S. The highest BCUT2D eigenvalue weighted by molar-refractivity contribution is 8.00. The van der Waals surface area contributed by atoms with Crippen LogP contribution in [-0.4, -0.2) is 46.1 Å². The molecule has 2 atom stereocenters. The molecule has 0 radical (unpaired) electrons. The number of amides is 1. The van der Waals surface area contributed by atoms with E-state index in [0.29, 0.717) is 12.2 Å². The molecule has 2 heterocycles. The Kier molecular flexibility index (Phi) is 3.73. The van der Waals surface area contributed by atoms with Crippen molar-refractivity contribution in [2.24, 2.45) is 0 Å². The summed E-state index contributed by atoms with van der Waals surface area (Å²) in [5.41, 5.74) is 2.03. The summed E-state index contributed by atoms with van der Waals surface area (Å²) >= 11 is 1.62. The molecule has 6 heteroatoms. The van der Waals surface area contributed by atoms with E-state index < -0.39 is 5.97 Å². The second-order valence-corrected chi connectivity index (χ2v) is 6.20. The van der Waals surface area contributed by atoms with Crippen molar-refractivity contribution in [2.45, 2.75) is 17.8 Å². The van der Waals surface area contributed by atoms with Crippen LogP contribution in [0.25, 0.3) is 0 Å². The van der Waals surface area contributed by atoms with E-state index in [1.165, 1.54) is 4.90 Å². The molecule has 0 aliphatic carbocycles. The zero-order valence-electron chi connectivity index (χ0n) is 11.6. The average Bonchev–Trinajstić information content (AvgIpc) is 2.48. The number of β-lactam (4-membered cyclic amide) rings is 1. The van der Waals surface area contributed by atoms with Crippen molar-refractivity contribution in [2.75, 3.05) is 12.8 Å². The Hall–Kier alpha value is -1.79. The monoisotopic (exact) mass is 304 g/mol. The van der Waals surface area contributed by atoms with Gasteiger partial charge in [0.25, 0.3) is 0 Å². The summed E-state index contributed by atoms with van der Waals surface area (Å²) in [6.07, 6.45) is 0.566. The number of likely N-dealkylation sites (N-methyl/N-ethyl adjacent to an activating group) is 1. The Labute approximate surface area is 127 Å². The Morgan fingerprint density at radius 3 is 2.76 bits per heavy atom. The van der Waals surface area contributed by atoms with Gasteiger partial charge in [-0.15, -0.1) is 11.8 Å². The highest BCUT2D eigenvalue weighted by Gasteiger charge is 2.52. The number of hydrogen-bond donors (Lipinski definition) is 2. The molecule has 1 aromatic carbocycles. The Balaban J connectivity index is 1.92. The molecule has 110 valence electrons. The van der Waals surface area contributed by atoms with Crippen molar-refractivity contribution in [3.63, 3.8) is 0 Å². The number of carbonyl (C=O) groups is 2. The van der Waals surface area contributed by atoms with Crippen molar-refractivity contribution in [3.8, 4) is 0 Å². The first-order valence-corrected chi connectivity index (χ1v) is 7.79. The summed E-state index contributed by atoms with van der Waals surface area (Å²) in [5.74, 6) is -0.532. The zero-order valence-corrected chi connectivity index (χ0v) is 12.4. The molecule has 0 bridgehead atoms. The first-order valence-electron chi connectivity index (χ1n) is 6.74. The van der Waals surface area contributed by atoms with Crippen molar-refractivity contribution in [1.29, 1.82) is 0 Å². The number of rotatable bonds is 4. The molecule has 1 amide bonds. The number of fused-ring (bicyclic) bond motifs is 1. The molecule has 5 nitrogen and oxygen atoms in total. The summed E-state index contributed by atoms with van der Waals surface area (Å²) in [5, 5.41) is 12.3. The largest absolute Gasteiger partial charge is 0.477 e. The number of benzene rings is 1. The van der Waals surface area contributed by atoms with Gasteiger partial charge < -0.3 is 10.4 Å². The number of hydrogen-bond acceptors (Lipinski definition) is 4. The predicted molar refractivity (Wildman–Crippen MR) is 80.7 cm³/mol. The average molecular weight is 304 g/mol. The highest BCUT2D eigenvalue weighted by Crippen LogP contribution is 2.40. The minimum Gasteiger partial charge on any atom is -0.477 e. The molecule has 21 heavy (non-hydrogen) atoms. The molecule has 2 aliphatic heterocycles. The lowest BCUT2D eigenvalue weighted by Gasteiger charge is -2.49. The van der Waals surface area contributed by atoms with Gasteiger partial charge in [-0.05, 0) is 24.6 Å². The second kappa shape index (κ2) is 5.54. The van der Waals surface area contributed by atoms with Gasteiger partial charge in [0.05, 0.1) is 0 Å². The van der Waals surface area contributed by atoms with Gasteiger partial charge >= 0.3 is 5.97 Å². The normalized spacial score (nSPS) is 24.6.